The largest absolute Gasteiger partial charge is 0.353 e. The molecular weight excluding hydrogens is 264 g/mol. The molecule has 1 saturated heterocycles. The highest BCUT2D eigenvalue weighted by Crippen LogP contribution is 2.28. The van der Waals surface area contributed by atoms with Gasteiger partial charge in [0.05, 0.1) is 0 Å². The molecule has 4 nitrogen and oxygen atoms in total. The van der Waals surface area contributed by atoms with E-state index in [0.29, 0.717) is 24.3 Å². The molecule has 1 aliphatic heterocycles. The van der Waals surface area contributed by atoms with E-state index < -0.39 is 0 Å². The van der Waals surface area contributed by atoms with Gasteiger partial charge in [0.2, 0.25) is 11.8 Å². The Balaban J connectivity index is 1.39. The Kier molecular flexibility index (Phi) is 4.81. The van der Waals surface area contributed by atoms with Crippen LogP contribution in [0, 0.1) is 11.8 Å². The molecule has 0 aromatic rings. The first-order valence-corrected chi connectivity index (χ1v) is 8.80. The summed E-state index contributed by atoms with van der Waals surface area (Å²) in [5.74, 6) is 1.36. The van der Waals surface area contributed by atoms with Crippen LogP contribution in [0.2, 0.25) is 0 Å². The molecule has 2 saturated carbocycles. The maximum atomic E-state index is 12.5. The third kappa shape index (κ3) is 4.21. The minimum absolute atomic E-state index is 0.217. The molecule has 2 amide bonds. The fourth-order valence-corrected chi connectivity index (χ4v) is 3.74. The Bertz CT molecular complexity index is 378. The normalized spacial score (nSPS) is 24.9. The zero-order valence-corrected chi connectivity index (χ0v) is 13.0. The summed E-state index contributed by atoms with van der Waals surface area (Å²) in [5.41, 5.74) is 0. The monoisotopic (exact) mass is 292 g/mol. The van der Waals surface area contributed by atoms with E-state index in [1.54, 1.807) is 0 Å². The molecule has 2 aliphatic carbocycles. The van der Waals surface area contributed by atoms with Crippen molar-refractivity contribution in [2.75, 3.05) is 13.1 Å². The lowest BCUT2D eigenvalue weighted by atomic mass is 9.87. The molecule has 1 heterocycles. The maximum absolute atomic E-state index is 12.5. The van der Waals surface area contributed by atoms with Crippen LogP contribution in [-0.4, -0.2) is 35.8 Å². The van der Waals surface area contributed by atoms with Crippen molar-refractivity contribution < 1.29 is 9.59 Å². The van der Waals surface area contributed by atoms with E-state index in [1.165, 1.54) is 19.3 Å². The molecule has 118 valence electrons. The summed E-state index contributed by atoms with van der Waals surface area (Å²) >= 11 is 0. The van der Waals surface area contributed by atoms with Crippen molar-refractivity contribution in [3.63, 3.8) is 0 Å². The van der Waals surface area contributed by atoms with E-state index in [2.05, 4.69) is 10.2 Å². The summed E-state index contributed by atoms with van der Waals surface area (Å²) in [6.45, 7) is 1.72. The second-order valence-corrected chi connectivity index (χ2v) is 7.15. The first kappa shape index (κ1) is 14.9. The lowest BCUT2D eigenvalue weighted by Gasteiger charge is -2.35. The predicted octanol–water partition coefficient (Wildman–Crippen LogP) is 2.47. The smallest absolute Gasteiger partial charge is 0.225 e. The van der Waals surface area contributed by atoms with Gasteiger partial charge < -0.3 is 10.2 Å². The molecule has 0 spiro atoms. The lowest BCUT2D eigenvalue weighted by Crippen LogP contribution is -2.43. The van der Waals surface area contributed by atoms with E-state index in [9.17, 15) is 9.59 Å². The summed E-state index contributed by atoms with van der Waals surface area (Å²) in [4.78, 5) is 26.4. The highest BCUT2D eigenvalue weighted by atomic mass is 16.2. The van der Waals surface area contributed by atoms with Gasteiger partial charge in [-0.1, -0.05) is 19.3 Å². The van der Waals surface area contributed by atoms with E-state index in [4.69, 9.17) is 0 Å². The van der Waals surface area contributed by atoms with E-state index in [0.717, 1.165) is 51.6 Å². The Morgan fingerprint density at radius 2 is 1.57 bits per heavy atom. The zero-order valence-electron chi connectivity index (χ0n) is 13.0. The van der Waals surface area contributed by atoms with E-state index >= 15 is 0 Å². The molecule has 21 heavy (non-hydrogen) atoms. The maximum Gasteiger partial charge on any atom is 0.225 e. The minimum atomic E-state index is 0.217. The number of hydrogen-bond acceptors (Lipinski definition) is 2. The third-order valence-corrected chi connectivity index (χ3v) is 5.30. The van der Waals surface area contributed by atoms with Crippen molar-refractivity contribution in [3.05, 3.63) is 0 Å². The first-order chi connectivity index (χ1) is 10.2. The summed E-state index contributed by atoms with van der Waals surface area (Å²) in [7, 11) is 0. The lowest BCUT2D eigenvalue weighted by molar-refractivity contribution is -0.138. The number of likely N-dealkylation sites (tertiary alicyclic amines) is 1. The molecule has 4 heteroatoms. The zero-order chi connectivity index (χ0) is 14.7. The summed E-state index contributed by atoms with van der Waals surface area (Å²) < 4.78 is 0. The summed E-state index contributed by atoms with van der Waals surface area (Å²) in [6, 6.07) is 0.463. The first-order valence-electron chi connectivity index (χ1n) is 8.80. The molecule has 0 aromatic heterocycles. The van der Waals surface area contributed by atoms with Gasteiger partial charge in [-0.3, -0.25) is 9.59 Å². The molecule has 0 aromatic carbocycles. The van der Waals surface area contributed by atoms with Crippen molar-refractivity contribution in [2.24, 2.45) is 11.8 Å². The number of amides is 2. The number of hydrogen-bond donors (Lipinski definition) is 1. The quantitative estimate of drug-likeness (QED) is 0.865. The molecule has 3 rings (SSSR count). The Morgan fingerprint density at radius 3 is 2.19 bits per heavy atom. The van der Waals surface area contributed by atoms with Crippen LogP contribution in [0.4, 0.5) is 0 Å². The highest BCUT2D eigenvalue weighted by molar-refractivity contribution is 5.79. The van der Waals surface area contributed by atoms with Gasteiger partial charge in [0.25, 0.3) is 0 Å². The van der Waals surface area contributed by atoms with Gasteiger partial charge in [0.15, 0.2) is 0 Å². The molecule has 3 fully saturated rings. The number of piperidine rings is 1. The topological polar surface area (TPSA) is 49.4 Å². The third-order valence-electron chi connectivity index (χ3n) is 5.30. The Labute approximate surface area is 127 Å². The van der Waals surface area contributed by atoms with Crippen LogP contribution in [-0.2, 0) is 9.59 Å². The van der Waals surface area contributed by atoms with Crippen LogP contribution >= 0.6 is 0 Å². The summed E-state index contributed by atoms with van der Waals surface area (Å²) in [6.07, 6.45) is 10.9. The number of rotatable bonds is 4. The van der Waals surface area contributed by atoms with Crippen molar-refractivity contribution in [1.29, 1.82) is 0 Å². The number of nitrogens with one attached hydrogen (secondary N) is 1. The Hall–Kier alpha value is -1.06. The number of carbonyl (C=O) groups excluding carboxylic acids is 2. The van der Waals surface area contributed by atoms with Gasteiger partial charge >= 0.3 is 0 Å². The van der Waals surface area contributed by atoms with Gasteiger partial charge in [-0.15, -0.1) is 0 Å². The van der Waals surface area contributed by atoms with Gasteiger partial charge in [-0.05, 0) is 44.4 Å². The average Bonchev–Trinajstić information content (AvgIpc) is 3.32. The standard InChI is InChI=1S/C17H28N2O2/c20-16(18-15-6-7-15)12-13-8-10-19(11-9-13)17(21)14-4-2-1-3-5-14/h13-15H,1-12H2,(H,18,20). The molecule has 3 aliphatic rings. The van der Waals surface area contributed by atoms with E-state index in [1.807, 2.05) is 0 Å². The molecular formula is C17H28N2O2. The molecule has 1 N–H and O–H groups in total. The number of nitrogens with zero attached hydrogens (tertiary/aromatic N) is 1. The van der Waals surface area contributed by atoms with Crippen molar-refractivity contribution in [3.8, 4) is 0 Å². The molecule has 0 unspecified atom stereocenters. The van der Waals surface area contributed by atoms with Crippen LogP contribution in [0.5, 0.6) is 0 Å². The van der Waals surface area contributed by atoms with Gasteiger partial charge in [-0.2, -0.15) is 0 Å². The molecule has 0 bridgehead atoms. The second kappa shape index (κ2) is 6.80. The van der Waals surface area contributed by atoms with Gasteiger partial charge in [-0.25, -0.2) is 0 Å². The predicted molar refractivity (Wildman–Crippen MR) is 81.7 cm³/mol. The van der Waals surface area contributed by atoms with Crippen molar-refractivity contribution in [1.82, 2.24) is 10.2 Å². The molecule has 0 atom stereocenters. The van der Waals surface area contributed by atoms with Crippen LogP contribution in [0.15, 0.2) is 0 Å². The van der Waals surface area contributed by atoms with Crippen molar-refractivity contribution in [2.45, 2.75) is 70.3 Å². The fraction of sp³-hybridized carbons (Fsp3) is 0.882. The van der Waals surface area contributed by atoms with Gasteiger partial charge in [0.1, 0.15) is 0 Å². The Morgan fingerprint density at radius 1 is 0.905 bits per heavy atom. The van der Waals surface area contributed by atoms with Crippen LogP contribution in [0.25, 0.3) is 0 Å². The van der Waals surface area contributed by atoms with Crippen LogP contribution < -0.4 is 5.32 Å². The van der Waals surface area contributed by atoms with Gasteiger partial charge in [0, 0.05) is 31.5 Å². The average molecular weight is 292 g/mol. The second-order valence-electron chi connectivity index (χ2n) is 7.15. The highest BCUT2D eigenvalue weighted by Gasteiger charge is 2.30. The molecule has 0 radical (unpaired) electrons. The summed E-state index contributed by atoms with van der Waals surface area (Å²) in [5, 5.41) is 3.07. The number of carbonyl (C=O) groups is 2. The van der Waals surface area contributed by atoms with Crippen molar-refractivity contribution >= 4 is 11.8 Å². The minimum Gasteiger partial charge on any atom is -0.353 e. The van der Waals surface area contributed by atoms with Crippen LogP contribution in [0.1, 0.15) is 64.2 Å². The van der Waals surface area contributed by atoms with Crippen LogP contribution in [0.3, 0.4) is 0 Å². The van der Waals surface area contributed by atoms with E-state index in [-0.39, 0.29) is 11.8 Å². The fourth-order valence-electron chi connectivity index (χ4n) is 3.74. The SMILES string of the molecule is O=C(CC1CCN(C(=O)C2CCCCC2)CC1)NC1CC1.